The Morgan fingerprint density at radius 1 is 1.28 bits per heavy atom. The van der Waals surface area contributed by atoms with Crippen LogP contribution in [0.1, 0.15) is 39.2 Å². The van der Waals surface area contributed by atoms with E-state index in [2.05, 4.69) is 39.0 Å². The lowest BCUT2D eigenvalue weighted by atomic mass is 10.1. The summed E-state index contributed by atoms with van der Waals surface area (Å²) in [7, 11) is 0. The fraction of sp³-hybridized carbons (Fsp3) is 0.316. The Kier molecular flexibility index (Phi) is 5.94. The van der Waals surface area contributed by atoms with Crippen LogP contribution in [0.25, 0.3) is 0 Å². The third-order valence-corrected chi connectivity index (χ3v) is 5.98. The van der Waals surface area contributed by atoms with Crippen molar-refractivity contribution in [3.63, 3.8) is 0 Å². The number of carbonyl (C=O) groups excluding carboxylic acids is 1. The number of hydrogen-bond donors (Lipinski definition) is 1. The van der Waals surface area contributed by atoms with E-state index < -0.39 is 0 Å². The van der Waals surface area contributed by atoms with Gasteiger partial charge in [-0.3, -0.25) is 9.78 Å². The molecule has 1 atom stereocenters. The van der Waals surface area contributed by atoms with Gasteiger partial charge >= 0.3 is 0 Å². The van der Waals surface area contributed by atoms with Crippen LogP contribution in [0.2, 0.25) is 0 Å². The van der Waals surface area contributed by atoms with Gasteiger partial charge in [-0.2, -0.15) is 11.3 Å². The third-order valence-electron chi connectivity index (χ3n) is 4.06. The van der Waals surface area contributed by atoms with Crippen LogP contribution in [0.15, 0.2) is 41.4 Å². The molecule has 0 aliphatic rings. The minimum absolute atomic E-state index is 0.0505. The number of carbonyl (C=O) groups is 1. The van der Waals surface area contributed by atoms with Crippen molar-refractivity contribution in [2.45, 2.75) is 39.2 Å². The summed E-state index contributed by atoms with van der Waals surface area (Å²) >= 11 is 3.34. The third kappa shape index (κ3) is 4.96. The van der Waals surface area contributed by atoms with E-state index in [0.29, 0.717) is 12.8 Å². The van der Waals surface area contributed by atoms with Gasteiger partial charge in [0.1, 0.15) is 5.01 Å². The molecule has 25 heavy (non-hydrogen) atoms. The molecule has 4 nitrogen and oxygen atoms in total. The number of nitrogens with one attached hydrogen (secondary N) is 1. The highest BCUT2D eigenvalue weighted by Gasteiger charge is 2.20. The number of hydrogen-bond acceptors (Lipinski definition) is 5. The lowest BCUT2D eigenvalue weighted by molar-refractivity contribution is -0.121. The maximum Gasteiger partial charge on any atom is 0.220 e. The summed E-state index contributed by atoms with van der Waals surface area (Å²) in [5.74, 6) is 0.0505. The van der Waals surface area contributed by atoms with Crippen LogP contribution in [0.3, 0.4) is 0 Å². The largest absolute Gasteiger partial charge is 0.347 e. The Bertz CT molecular complexity index is 793. The number of thiophene rings is 1. The molecule has 3 rings (SSSR count). The quantitative estimate of drug-likeness (QED) is 0.675. The van der Waals surface area contributed by atoms with Gasteiger partial charge in [-0.15, -0.1) is 11.3 Å². The summed E-state index contributed by atoms with van der Waals surface area (Å²) in [6.07, 6.45) is 5.47. The second-order valence-electron chi connectivity index (χ2n) is 6.01. The maximum absolute atomic E-state index is 12.5. The van der Waals surface area contributed by atoms with Gasteiger partial charge in [-0.25, -0.2) is 4.98 Å². The monoisotopic (exact) mass is 371 g/mol. The van der Waals surface area contributed by atoms with Crippen LogP contribution in [0.5, 0.6) is 0 Å². The van der Waals surface area contributed by atoms with E-state index in [0.717, 1.165) is 22.7 Å². The second-order valence-corrected chi connectivity index (χ2v) is 8.03. The van der Waals surface area contributed by atoms with Crippen LogP contribution in [0.4, 0.5) is 0 Å². The van der Waals surface area contributed by atoms with E-state index in [-0.39, 0.29) is 11.9 Å². The number of pyridine rings is 1. The summed E-state index contributed by atoms with van der Waals surface area (Å²) in [6.45, 7) is 4.09. The van der Waals surface area contributed by atoms with Gasteiger partial charge < -0.3 is 5.32 Å². The van der Waals surface area contributed by atoms with Crippen molar-refractivity contribution < 1.29 is 4.79 Å². The fourth-order valence-electron chi connectivity index (χ4n) is 2.56. The second kappa shape index (κ2) is 8.36. The maximum atomic E-state index is 12.5. The average Bonchev–Trinajstić information content (AvgIpc) is 3.24. The standard InChI is InChI=1S/C19H21N3OS2/c1-13-14(2)25-19(21-13)17(10-16-7-9-24-12-16)22-18(23)6-5-15-4-3-8-20-11-15/h3-4,7-9,11-12,17H,5-6,10H2,1-2H3,(H,22,23)/t17-/m1/s1. The fourth-order valence-corrected chi connectivity index (χ4v) is 4.22. The van der Waals surface area contributed by atoms with E-state index in [9.17, 15) is 4.79 Å². The predicted octanol–water partition coefficient (Wildman–Crippen LogP) is 4.25. The first-order valence-corrected chi connectivity index (χ1v) is 10.0. The minimum atomic E-state index is -0.0756. The Balaban J connectivity index is 1.67. The molecule has 3 heterocycles. The molecule has 0 saturated heterocycles. The number of nitrogens with zero attached hydrogens (tertiary/aromatic N) is 2. The lowest BCUT2D eigenvalue weighted by Crippen LogP contribution is -2.30. The molecule has 0 bridgehead atoms. The molecule has 1 N–H and O–H groups in total. The molecule has 0 spiro atoms. The molecule has 0 aliphatic heterocycles. The van der Waals surface area contributed by atoms with E-state index in [4.69, 9.17) is 0 Å². The van der Waals surface area contributed by atoms with Gasteiger partial charge in [-0.05, 0) is 54.3 Å². The number of aromatic nitrogens is 2. The molecule has 3 aromatic rings. The van der Waals surface area contributed by atoms with Gasteiger partial charge in [0.05, 0.1) is 11.7 Å². The summed E-state index contributed by atoms with van der Waals surface area (Å²) in [5.41, 5.74) is 3.35. The summed E-state index contributed by atoms with van der Waals surface area (Å²) in [6, 6.07) is 5.92. The highest BCUT2D eigenvalue weighted by molar-refractivity contribution is 7.11. The molecule has 0 radical (unpaired) electrons. The van der Waals surface area contributed by atoms with Crippen LogP contribution in [0, 0.1) is 13.8 Å². The highest BCUT2D eigenvalue weighted by Crippen LogP contribution is 2.26. The SMILES string of the molecule is Cc1nc([C@@H](Cc2ccsc2)NC(=O)CCc2cccnc2)sc1C. The van der Waals surface area contributed by atoms with E-state index >= 15 is 0 Å². The van der Waals surface area contributed by atoms with Crippen molar-refractivity contribution in [3.8, 4) is 0 Å². The zero-order valence-electron chi connectivity index (χ0n) is 14.4. The Labute approximate surface area is 156 Å². The Morgan fingerprint density at radius 3 is 2.80 bits per heavy atom. The molecule has 0 saturated carbocycles. The van der Waals surface area contributed by atoms with Gasteiger partial charge in [0.25, 0.3) is 0 Å². The van der Waals surface area contributed by atoms with Crippen LogP contribution < -0.4 is 5.32 Å². The smallest absolute Gasteiger partial charge is 0.220 e. The van der Waals surface area contributed by atoms with Gasteiger partial charge in [0, 0.05) is 30.1 Å². The molecule has 0 aliphatic carbocycles. The lowest BCUT2D eigenvalue weighted by Gasteiger charge is -2.16. The zero-order valence-corrected chi connectivity index (χ0v) is 16.0. The van der Waals surface area contributed by atoms with Gasteiger partial charge in [-0.1, -0.05) is 6.07 Å². The van der Waals surface area contributed by atoms with Gasteiger partial charge in [0.15, 0.2) is 0 Å². The van der Waals surface area contributed by atoms with Crippen molar-refractivity contribution >= 4 is 28.6 Å². The van der Waals surface area contributed by atoms with Crippen LogP contribution in [-0.4, -0.2) is 15.9 Å². The van der Waals surface area contributed by atoms with Crippen molar-refractivity contribution in [1.29, 1.82) is 0 Å². The number of rotatable bonds is 7. The predicted molar refractivity (Wildman–Crippen MR) is 103 cm³/mol. The van der Waals surface area contributed by atoms with Crippen molar-refractivity contribution in [3.05, 3.63) is 68.1 Å². The normalized spacial score (nSPS) is 12.1. The van der Waals surface area contributed by atoms with Crippen molar-refractivity contribution in [2.75, 3.05) is 0 Å². The first kappa shape index (κ1) is 17.8. The summed E-state index contributed by atoms with van der Waals surface area (Å²) in [5, 5.41) is 8.35. The summed E-state index contributed by atoms with van der Waals surface area (Å²) in [4.78, 5) is 22.4. The minimum Gasteiger partial charge on any atom is -0.347 e. The van der Waals surface area contributed by atoms with Crippen LogP contribution in [-0.2, 0) is 17.6 Å². The molecule has 1 amide bonds. The topological polar surface area (TPSA) is 54.9 Å². The Morgan fingerprint density at radius 2 is 2.16 bits per heavy atom. The first-order valence-electron chi connectivity index (χ1n) is 8.25. The van der Waals surface area contributed by atoms with Crippen molar-refractivity contribution in [1.82, 2.24) is 15.3 Å². The first-order chi connectivity index (χ1) is 12.1. The molecule has 0 aromatic carbocycles. The molecule has 0 unspecified atom stereocenters. The number of aryl methyl sites for hydroxylation is 3. The molecular formula is C19H21N3OS2. The molecule has 130 valence electrons. The van der Waals surface area contributed by atoms with E-state index in [1.807, 2.05) is 25.3 Å². The summed E-state index contributed by atoms with van der Waals surface area (Å²) < 4.78 is 0. The van der Waals surface area contributed by atoms with Crippen LogP contribution >= 0.6 is 22.7 Å². The molecule has 3 aromatic heterocycles. The molecule has 0 fully saturated rings. The Hall–Kier alpha value is -2.05. The molecule has 6 heteroatoms. The van der Waals surface area contributed by atoms with E-state index in [1.165, 1.54) is 10.4 Å². The van der Waals surface area contributed by atoms with Gasteiger partial charge in [0.2, 0.25) is 5.91 Å². The zero-order chi connectivity index (χ0) is 17.6. The molecular weight excluding hydrogens is 350 g/mol. The van der Waals surface area contributed by atoms with Crippen molar-refractivity contribution in [2.24, 2.45) is 0 Å². The number of amides is 1. The average molecular weight is 372 g/mol. The van der Waals surface area contributed by atoms with E-state index in [1.54, 1.807) is 28.9 Å². The highest BCUT2D eigenvalue weighted by atomic mass is 32.1. The number of thiazole rings is 1.